The molecule has 0 unspecified atom stereocenters. The van der Waals surface area contributed by atoms with Crippen LogP contribution in [0.2, 0.25) is 0 Å². The molecule has 5 nitrogen and oxygen atoms in total. The van der Waals surface area contributed by atoms with Gasteiger partial charge in [-0.2, -0.15) is 8.42 Å². The molecule has 0 saturated carbocycles. The first kappa shape index (κ1) is 25.0. The topological polar surface area (TPSA) is 86.7 Å². The standard InChI is InChI=1S/C21H28O5S.Na/c1-2-3-4-5-6-7-8-9-17-10-13-20(16-21(17)27(23,24)25)26-19-14-11-18(22)12-15-19;/h10-16,22H,2-9H2,1H3,(H,23,24,25);/q;+1/p-1. The van der Waals surface area contributed by atoms with E-state index in [1.54, 1.807) is 12.1 Å². The second-order valence-electron chi connectivity index (χ2n) is 6.69. The van der Waals surface area contributed by atoms with Crippen LogP contribution in [-0.2, 0) is 16.5 Å². The summed E-state index contributed by atoms with van der Waals surface area (Å²) in [5.74, 6) is 0.589. The van der Waals surface area contributed by atoms with E-state index in [1.807, 2.05) is 0 Å². The van der Waals surface area contributed by atoms with Gasteiger partial charge in [0.2, 0.25) is 0 Å². The van der Waals surface area contributed by atoms with Crippen molar-refractivity contribution < 1.29 is 52.4 Å². The number of hydrogen-bond acceptors (Lipinski definition) is 4. The zero-order valence-corrected chi connectivity index (χ0v) is 19.5. The van der Waals surface area contributed by atoms with Crippen molar-refractivity contribution in [3.05, 3.63) is 48.0 Å². The maximum atomic E-state index is 11.8. The fourth-order valence-corrected chi connectivity index (χ4v) is 3.73. The van der Waals surface area contributed by atoms with E-state index in [1.165, 1.54) is 56.0 Å². The zero-order valence-electron chi connectivity index (χ0n) is 16.7. The molecule has 0 saturated heterocycles. The molecule has 0 radical (unpaired) electrons. The van der Waals surface area contributed by atoms with E-state index in [-0.39, 0.29) is 40.2 Å². The predicted octanol–water partition coefficient (Wildman–Crippen LogP) is 2.10. The van der Waals surface area contributed by atoms with E-state index in [0.29, 0.717) is 23.5 Å². The zero-order chi connectivity index (χ0) is 19.7. The Morgan fingerprint density at radius 3 is 2.07 bits per heavy atom. The van der Waals surface area contributed by atoms with Gasteiger partial charge >= 0.3 is 29.6 Å². The van der Waals surface area contributed by atoms with Crippen LogP contribution in [0.25, 0.3) is 0 Å². The summed E-state index contributed by atoms with van der Waals surface area (Å²) in [7, 11) is -4.34. The van der Waals surface area contributed by atoms with Gasteiger partial charge in [0.1, 0.15) is 16.4 Å². The molecule has 0 atom stereocenters. The Labute approximate surface area is 190 Å². The van der Waals surface area contributed by atoms with Crippen LogP contribution in [0.5, 0.6) is 17.2 Å². The van der Waals surface area contributed by atoms with Gasteiger partial charge in [-0.3, -0.25) is 4.55 Å². The van der Waals surface area contributed by atoms with E-state index >= 15 is 0 Å². The van der Waals surface area contributed by atoms with Crippen LogP contribution < -0.4 is 39.4 Å². The van der Waals surface area contributed by atoms with Gasteiger partial charge < -0.3 is 9.84 Å². The summed E-state index contributed by atoms with van der Waals surface area (Å²) in [6.45, 7) is 2.18. The Balaban J connectivity index is 0.00000392. The van der Waals surface area contributed by atoms with Crippen LogP contribution in [0, 0.1) is 0 Å². The van der Waals surface area contributed by atoms with E-state index < -0.39 is 10.1 Å². The molecule has 7 heteroatoms. The number of benzene rings is 2. The summed E-state index contributed by atoms with van der Waals surface area (Å²) >= 11 is 0. The van der Waals surface area contributed by atoms with Gasteiger partial charge in [0.05, 0.1) is 0 Å². The third-order valence-electron chi connectivity index (χ3n) is 4.43. The maximum Gasteiger partial charge on any atom is 1.00 e. The second kappa shape index (κ2) is 12.5. The normalized spacial score (nSPS) is 11.1. The Bertz CT molecular complexity index is 819. The summed E-state index contributed by atoms with van der Waals surface area (Å²) < 4.78 is 38.7. The third-order valence-corrected chi connectivity index (χ3v) is 5.36. The summed E-state index contributed by atoms with van der Waals surface area (Å²) in [6, 6.07) is 10.5. The number of ether oxygens (including phenoxy) is 1. The van der Waals surface area contributed by atoms with Crippen molar-refractivity contribution in [2.75, 3.05) is 0 Å². The molecule has 28 heavy (non-hydrogen) atoms. The number of rotatable bonds is 11. The molecule has 2 aromatic carbocycles. The Kier molecular flexibility index (Phi) is 11.2. The van der Waals surface area contributed by atoms with Crippen molar-refractivity contribution in [2.24, 2.45) is 0 Å². The molecule has 0 aromatic heterocycles. The van der Waals surface area contributed by atoms with Crippen LogP contribution in [0.1, 0.15) is 57.4 Å². The summed E-state index contributed by atoms with van der Waals surface area (Å²) in [5, 5.41) is 11.1. The maximum absolute atomic E-state index is 11.8. The fraction of sp³-hybridized carbons (Fsp3) is 0.429. The van der Waals surface area contributed by atoms with Gasteiger partial charge in [-0.05, 0) is 36.6 Å². The van der Waals surface area contributed by atoms with Gasteiger partial charge in [0.15, 0.2) is 0 Å². The van der Waals surface area contributed by atoms with Gasteiger partial charge in [-0.1, -0.05) is 63.6 Å². The molecular formula is C21H27NaO5S. The van der Waals surface area contributed by atoms with Crippen LogP contribution >= 0.6 is 0 Å². The molecule has 0 aliphatic heterocycles. The Morgan fingerprint density at radius 1 is 0.893 bits per heavy atom. The smallest absolute Gasteiger partial charge is 0.872 e. The van der Waals surface area contributed by atoms with Crippen molar-refractivity contribution >= 4 is 10.1 Å². The van der Waals surface area contributed by atoms with E-state index in [2.05, 4.69) is 6.92 Å². The first-order chi connectivity index (χ1) is 12.9. The minimum atomic E-state index is -4.34. The molecule has 2 rings (SSSR count). The molecule has 0 aliphatic rings. The molecular weight excluding hydrogens is 387 g/mol. The molecule has 148 valence electrons. The quantitative estimate of drug-likeness (QED) is 0.346. The first-order valence-corrected chi connectivity index (χ1v) is 10.9. The Hall–Kier alpha value is -1.05. The van der Waals surface area contributed by atoms with E-state index in [4.69, 9.17) is 4.74 Å². The minimum absolute atomic E-state index is 0. The first-order valence-electron chi connectivity index (χ1n) is 9.45. The van der Waals surface area contributed by atoms with E-state index in [9.17, 15) is 18.1 Å². The van der Waals surface area contributed by atoms with Crippen LogP contribution in [-0.4, -0.2) is 13.0 Å². The summed E-state index contributed by atoms with van der Waals surface area (Å²) in [5.41, 5.74) is 0.591. The molecule has 1 N–H and O–H groups in total. The molecule has 0 heterocycles. The average Bonchev–Trinajstić information content (AvgIpc) is 2.63. The van der Waals surface area contributed by atoms with Crippen LogP contribution in [0.15, 0.2) is 47.4 Å². The average molecular weight is 414 g/mol. The van der Waals surface area contributed by atoms with Crippen molar-refractivity contribution in [3.63, 3.8) is 0 Å². The van der Waals surface area contributed by atoms with Gasteiger partial charge in [-0.25, -0.2) is 0 Å². The van der Waals surface area contributed by atoms with Crippen LogP contribution in [0.3, 0.4) is 0 Å². The Morgan fingerprint density at radius 2 is 1.46 bits per heavy atom. The minimum Gasteiger partial charge on any atom is -0.872 e. The van der Waals surface area contributed by atoms with Crippen molar-refractivity contribution in [3.8, 4) is 17.2 Å². The summed E-state index contributed by atoms with van der Waals surface area (Å²) in [4.78, 5) is -0.119. The SMILES string of the molecule is CCCCCCCCCc1ccc(Oc2ccc([O-])cc2)cc1S(=O)(=O)O.[Na+]. The largest absolute Gasteiger partial charge is 1.00 e. The predicted molar refractivity (Wildman–Crippen MR) is 104 cm³/mol. The number of hydrogen-bond donors (Lipinski definition) is 1. The van der Waals surface area contributed by atoms with Gasteiger partial charge in [-0.15, -0.1) is 5.75 Å². The second-order valence-corrected chi connectivity index (χ2v) is 8.08. The van der Waals surface area contributed by atoms with Gasteiger partial charge in [0.25, 0.3) is 10.1 Å². The molecule has 0 spiro atoms. The molecule has 0 fully saturated rings. The fourth-order valence-electron chi connectivity index (χ4n) is 2.96. The van der Waals surface area contributed by atoms with Crippen LogP contribution in [0.4, 0.5) is 0 Å². The van der Waals surface area contributed by atoms with Crippen molar-refractivity contribution in [1.82, 2.24) is 0 Å². The molecule has 0 aliphatic carbocycles. The third kappa shape index (κ3) is 8.53. The number of aryl methyl sites for hydroxylation is 1. The summed E-state index contributed by atoms with van der Waals surface area (Å²) in [6.07, 6.45) is 8.56. The monoisotopic (exact) mass is 414 g/mol. The van der Waals surface area contributed by atoms with Crippen molar-refractivity contribution in [1.29, 1.82) is 0 Å². The molecule has 0 bridgehead atoms. The van der Waals surface area contributed by atoms with E-state index in [0.717, 1.165) is 19.3 Å². The number of unbranched alkanes of at least 4 members (excludes halogenated alkanes) is 6. The van der Waals surface area contributed by atoms with Crippen molar-refractivity contribution in [2.45, 2.75) is 63.2 Å². The molecule has 2 aromatic rings. The molecule has 0 amide bonds. The van der Waals surface area contributed by atoms with Gasteiger partial charge in [0, 0.05) is 6.07 Å².